The van der Waals surface area contributed by atoms with Gasteiger partial charge in [-0.05, 0) is 45.1 Å². The molecule has 0 spiro atoms. The van der Waals surface area contributed by atoms with Crippen LogP contribution >= 0.6 is 27.3 Å². The molecule has 5 nitrogen and oxygen atoms in total. The molecule has 7 heteroatoms. The van der Waals surface area contributed by atoms with E-state index in [1.165, 1.54) is 23.2 Å². The van der Waals surface area contributed by atoms with Gasteiger partial charge in [0.2, 0.25) is 0 Å². The van der Waals surface area contributed by atoms with Gasteiger partial charge in [-0.3, -0.25) is 9.78 Å². The third kappa shape index (κ3) is 3.43. The maximum atomic E-state index is 12.1. The summed E-state index contributed by atoms with van der Waals surface area (Å²) in [5.74, 6) is -1.31. The molecule has 2 heterocycles. The number of aromatic nitrogens is 1. The molecular weight excluding hydrogens is 344 g/mol. The van der Waals surface area contributed by atoms with E-state index in [0.717, 1.165) is 9.35 Å². The van der Waals surface area contributed by atoms with Gasteiger partial charge < -0.3 is 10.0 Å². The summed E-state index contributed by atoms with van der Waals surface area (Å²) in [5, 5.41) is 10.7. The maximum absolute atomic E-state index is 12.1. The van der Waals surface area contributed by atoms with E-state index >= 15 is 0 Å². The predicted octanol–water partition coefficient (Wildman–Crippen LogP) is 2.88. The second-order valence-electron chi connectivity index (χ2n) is 4.16. The number of aromatic carboxylic acids is 1. The minimum atomic E-state index is -1.06. The van der Waals surface area contributed by atoms with Gasteiger partial charge in [0.25, 0.3) is 5.91 Å². The van der Waals surface area contributed by atoms with Crippen LogP contribution in [0.4, 0.5) is 0 Å². The number of thiophene rings is 1. The van der Waals surface area contributed by atoms with Crippen molar-refractivity contribution < 1.29 is 14.7 Å². The van der Waals surface area contributed by atoms with Crippen molar-refractivity contribution in [1.29, 1.82) is 0 Å². The standard InChI is InChI=1S/C13H11BrN2O3S/c1-16(6-8-4-11(14)20-7-8)12(17)10-3-2-9(5-15-10)13(18)19/h2-5,7H,6H2,1H3,(H,18,19). The quantitative estimate of drug-likeness (QED) is 0.916. The summed E-state index contributed by atoms with van der Waals surface area (Å²) < 4.78 is 1.01. The number of carboxylic acids is 1. The second kappa shape index (κ2) is 6.15. The van der Waals surface area contributed by atoms with Crippen LogP contribution in [-0.2, 0) is 6.54 Å². The van der Waals surface area contributed by atoms with Gasteiger partial charge in [0.15, 0.2) is 0 Å². The summed E-state index contributed by atoms with van der Waals surface area (Å²) >= 11 is 4.93. The van der Waals surface area contributed by atoms with Gasteiger partial charge in [0, 0.05) is 19.8 Å². The van der Waals surface area contributed by atoms with Crippen LogP contribution in [0.5, 0.6) is 0 Å². The summed E-state index contributed by atoms with van der Waals surface area (Å²) in [6, 6.07) is 4.75. The number of nitrogens with zero attached hydrogens (tertiary/aromatic N) is 2. The lowest BCUT2D eigenvalue weighted by Crippen LogP contribution is -2.26. The van der Waals surface area contributed by atoms with Crippen LogP contribution in [0.3, 0.4) is 0 Å². The molecule has 0 aliphatic carbocycles. The monoisotopic (exact) mass is 354 g/mol. The first-order chi connectivity index (χ1) is 9.47. The van der Waals surface area contributed by atoms with Gasteiger partial charge >= 0.3 is 5.97 Å². The Bertz CT molecular complexity index is 639. The molecule has 0 radical (unpaired) electrons. The number of rotatable bonds is 4. The zero-order valence-corrected chi connectivity index (χ0v) is 12.9. The lowest BCUT2D eigenvalue weighted by Gasteiger charge is -2.15. The molecule has 0 fully saturated rings. The predicted molar refractivity (Wildman–Crippen MR) is 79.0 cm³/mol. The van der Waals surface area contributed by atoms with Gasteiger partial charge in [0.05, 0.1) is 9.35 Å². The molecule has 0 unspecified atom stereocenters. The molecule has 0 saturated carbocycles. The van der Waals surface area contributed by atoms with Crippen LogP contribution in [0.25, 0.3) is 0 Å². The first kappa shape index (κ1) is 14.7. The van der Waals surface area contributed by atoms with Gasteiger partial charge in [0.1, 0.15) is 5.69 Å². The highest BCUT2D eigenvalue weighted by Gasteiger charge is 2.14. The van der Waals surface area contributed by atoms with E-state index in [0.29, 0.717) is 6.54 Å². The summed E-state index contributed by atoms with van der Waals surface area (Å²) in [5.41, 5.74) is 1.32. The van der Waals surface area contributed by atoms with Crippen molar-refractivity contribution in [3.63, 3.8) is 0 Å². The molecule has 104 valence electrons. The Morgan fingerprint density at radius 1 is 1.45 bits per heavy atom. The zero-order chi connectivity index (χ0) is 14.7. The zero-order valence-electron chi connectivity index (χ0n) is 10.5. The molecule has 0 aliphatic heterocycles. The van der Waals surface area contributed by atoms with Crippen molar-refractivity contribution in [2.45, 2.75) is 6.54 Å². The van der Waals surface area contributed by atoms with E-state index in [1.807, 2.05) is 11.4 Å². The Labute approximate surface area is 128 Å². The van der Waals surface area contributed by atoms with E-state index < -0.39 is 5.97 Å². The molecule has 0 saturated heterocycles. The largest absolute Gasteiger partial charge is 0.478 e. The van der Waals surface area contributed by atoms with Crippen molar-refractivity contribution in [3.8, 4) is 0 Å². The van der Waals surface area contributed by atoms with Crippen molar-refractivity contribution in [2.75, 3.05) is 7.05 Å². The second-order valence-corrected chi connectivity index (χ2v) is 6.45. The number of pyridine rings is 1. The topological polar surface area (TPSA) is 70.5 Å². The highest BCUT2D eigenvalue weighted by Crippen LogP contribution is 2.21. The fourth-order valence-electron chi connectivity index (χ4n) is 1.62. The minimum absolute atomic E-state index is 0.0611. The maximum Gasteiger partial charge on any atom is 0.337 e. The summed E-state index contributed by atoms with van der Waals surface area (Å²) in [4.78, 5) is 28.3. The van der Waals surface area contributed by atoms with Crippen LogP contribution in [0.15, 0.2) is 33.6 Å². The number of amides is 1. The third-order valence-corrected chi connectivity index (χ3v) is 4.17. The molecule has 0 bridgehead atoms. The van der Waals surface area contributed by atoms with Crippen LogP contribution in [0.2, 0.25) is 0 Å². The molecular formula is C13H11BrN2O3S. The van der Waals surface area contributed by atoms with Crippen molar-refractivity contribution in [2.24, 2.45) is 0 Å². The number of carbonyl (C=O) groups excluding carboxylic acids is 1. The van der Waals surface area contributed by atoms with Crippen LogP contribution in [-0.4, -0.2) is 33.9 Å². The molecule has 0 aliphatic rings. The van der Waals surface area contributed by atoms with Crippen LogP contribution in [0, 0.1) is 0 Å². The van der Waals surface area contributed by atoms with Crippen molar-refractivity contribution >= 4 is 39.1 Å². The molecule has 2 aromatic rings. The van der Waals surface area contributed by atoms with Gasteiger partial charge in [-0.2, -0.15) is 0 Å². The number of carbonyl (C=O) groups is 2. The van der Waals surface area contributed by atoms with E-state index in [9.17, 15) is 9.59 Å². The molecule has 1 N–H and O–H groups in total. The smallest absolute Gasteiger partial charge is 0.337 e. The summed E-state index contributed by atoms with van der Waals surface area (Å²) in [6.07, 6.45) is 1.19. The number of hydrogen-bond donors (Lipinski definition) is 1. The molecule has 0 aromatic carbocycles. The average Bonchev–Trinajstić information content (AvgIpc) is 2.83. The van der Waals surface area contributed by atoms with E-state index in [1.54, 1.807) is 18.4 Å². The number of carboxylic acid groups (broad SMARTS) is 1. The molecule has 20 heavy (non-hydrogen) atoms. The van der Waals surface area contributed by atoms with E-state index in [4.69, 9.17) is 5.11 Å². The van der Waals surface area contributed by atoms with Gasteiger partial charge in [-0.15, -0.1) is 11.3 Å². The molecule has 2 rings (SSSR count). The summed E-state index contributed by atoms with van der Waals surface area (Å²) in [6.45, 7) is 0.475. The Kier molecular flexibility index (Phi) is 4.51. The molecule has 1 amide bonds. The van der Waals surface area contributed by atoms with Crippen molar-refractivity contribution in [1.82, 2.24) is 9.88 Å². The van der Waals surface area contributed by atoms with E-state index in [-0.39, 0.29) is 17.2 Å². The highest BCUT2D eigenvalue weighted by atomic mass is 79.9. The first-order valence-electron chi connectivity index (χ1n) is 5.65. The Morgan fingerprint density at radius 3 is 2.70 bits per heavy atom. The average molecular weight is 355 g/mol. The lowest BCUT2D eigenvalue weighted by molar-refractivity contribution is 0.0694. The van der Waals surface area contributed by atoms with Crippen LogP contribution < -0.4 is 0 Å². The normalized spacial score (nSPS) is 10.3. The Morgan fingerprint density at radius 2 is 2.20 bits per heavy atom. The fraction of sp³-hybridized carbons (Fsp3) is 0.154. The van der Waals surface area contributed by atoms with Gasteiger partial charge in [-0.25, -0.2) is 4.79 Å². The SMILES string of the molecule is CN(Cc1csc(Br)c1)C(=O)c1ccc(C(=O)O)cn1. The number of hydrogen-bond acceptors (Lipinski definition) is 4. The fourth-order valence-corrected chi connectivity index (χ4v) is 2.82. The minimum Gasteiger partial charge on any atom is -0.478 e. The van der Waals surface area contributed by atoms with Gasteiger partial charge in [-0.1, -0.05) is 0 Å². The first-order valence-corrected chi connectivity index (χ1v) is 7.32. The highest BCUT2D eigenvalue weighted by molar-refractivity contribution is 9.11. The molecule has 2 aromatic heterocycles. The third-order valence-electron chi connectivity index (χ3n) is 2.62. The molecule has 0 atom stereocenters. The Balaban J connectivity index is 2.08. The summed E-state index contributed by atoms with van der Waals surface area (Å²) in [7, 11) is 1.68. The van der Waals surface area contributed by atoms with Crippen molar-refractivity contribution in [3.05, 3.63) is 50.4 Å². The Hall–Kier alpha value is -1.73. The lowest BCUT2D eigenvalue weighted by atomic mass is 10.2. The van der Waals surface area contributed by atoms with Crippen LogP contribution in [0.1, 0.15) is 26.4 Å². The number of halogens is 1. The van der Waals surface area contributed by atoms with E-state index in [2.05, 4.69) is 20.9 Å².